The van der Waals surface area contributed by atoms with E-state index in [4.69, 9.17) is 5.11 Å². The van der Waals surface area contributed by atoms with E-state index in [1.54, 1.807) is 0 Å². The first-order chi connectivity index (χ1) is 11.8. The van der Waals surface area contributed by atoms with Crippen LogP contribution in [-0.4, -0.2) is 64.1 Å². The number of benzene rings is 1. The van der Waals surface area contributed by atoms with Gasteiger partial charge in [0.25, 0.3) is 17.7 Å². The number of likely N-dealkylation sites (tertiary alicyclic amines) is 1. The normalized spacial score (nSPS) is 20.1. The van der Waals surface area contributed by atoms with Crippen molar-refractivity contribution in [2.45, 2.75) is 18.9 Å². The van der Waals surface area contributed by atoms with E-state index in [0.29, 0.717) is 5.69 Å². The Morgan fingerprint density at radius 3 is 2.56 bits per heavy atom. The number of likely N-dealkylation sites (N-methyl/N-ethyl adjacent to an activating group) is 1. The molecule has 0 bridgehead atoms. The van der Waals surface area contributed by atoms with Gasteiger partial charge in [-0.1, -0.05) is 0 Å². The first kappa shape index (κ1) is 16.6. The topological polar surface area (TPSA) is 124 Å². The van der Waals surface area contributed by atoms with E-state index in [1.165, 1.54) is 25.2 Å². The van der Waals surface area contributed by atoms with Gasteiger partial charge in [-0.25, -0.2) is 0 Å². The maximum Gasteiger partial charge on any atom is 0.322 e. The van der Waals surface area contributed by atoms with Crippen LogP contribution in [0.3, 0.4) is 0 Å². The molecule has 1 fully saturated rings. The molecule has 0 aromatic heterocycles. The summed E-state index contributed by atoms with van der Waals surface area (Å²) >= 11 is 0. The predicted octanol–water partition coefficient (Wildman–Crippen LogP) is -0.0735. The Kier molecular flexibility index (Phi) is 3.99. The zero-order valence-corrected chi connectivity index (χ0v) is 13.3. The zero-order chi connectivity index (χ0) is 18.3. The first-order valence-electron chi connectivity index (χ1n) is 7.59. The van der Waals surface area contributed by atoms with Gasteiger partial charge in [0.1, 0.15) is 12.6 Å². The molecular weight excluding hydrogens is 330 g/mol. The molecule has 1 aromatic carbocycles. The number of carbonyl (C=O) groups excluding carboxylic acids is 4. The molecule has 2 aliphatic heterocycles. The van der Waals surface area contributed by atoms with E-state index >= 15 is 0 Å². The number of rotatable bonds is 4. The highest BCUT2D eigenvalue weighted by Gasteiger charge is 2.46. The Balaban J connectivity index is 1.88. The monoisotopic (exact) mass is 345 g/mol. The van der Waals surface area contributed by atoms with Gasteiger partial charge in [-0.2, -0.15) is 0 Å². The van der Waals surface area contributed by atoms with Crippen molar-refractivity contribution in [3.63, 3.8) is 0 Å². The molecule has 9 heteroatoms. The minimum absolute atomic E-state index is 0.0751. The molecule has 0 saturated carbocycles. The maximum atomic E-state index is 12.6. The lowest BCUT2D eigenvalue weighted by atomic mass is 10.0. The molecule has 2 N–H and O–H groups in total. The third kappa shape index (κ3) is 2.73. The average Bonchev–Trinajstić information content (AvgIpc) is 2.82. The number of aliphatic carboxylic acids is 1. The number of carboxylic acids is 1. The Hall–Kier alpha value is -3.23. The van der Waals surface area contributed by atoms with Gasteiger partial charge in [0.2, 0.25) is 5.91 Å². The molecule has 1 atom stereocenters. The van der Waals surface area contributed by atoms with Gasteiger partial charge in [-0.05, 0) is 24.6 Å². The number of hydrogen-bond donors (Lipinski definition) is 2. The van der Waals surface area contributed by atoms with Crippen LogP contribution in [0.1, 0.15) is 33.6 Å². The molecule has 4 amide bonds. The lowest BCUT2D eigenvalue weighted by Gasteiger charge is -2.32. The van der Waals surface area contributed by atoms with E-state index in [9.17, 15) is 24.0 Å². The smallest absolute Gasteiger partial charge is 0.322 e. The summed E-state index contributed by atoms with van der Waals surface area (Å²) in [5, 5.41) is 11.3. The van der Waals surface area contributed by atoms with Gasteiger partial charge in [-0.3, -0.25) is 33.8 Å². The van der Waals surface area contributed by atoms with E-state index in [1.807, 2.05) is 0 Å². The minimum Gasteiger partial charge on any atom is -0.480 e. The van der Waals surface area contributed by atoms with E-state index in [0.717, 1.165) is 9.80 Å². The van der Waals surface area contributed by atoms with Crippen LogP contribution in [0.2, 0.25) is 0 Å². The number of carbonyl (C=O) groups is 5. The van der Waals surface area contributed by atoms with E-state index in [-0.39, 0.29) is 36.4 Å². The van der Waals surface area contributed by atoms with E-state index < -0.39 is 29.7 Å². The Morgan fingerprint density at radius 1 is 1.20 bits per heavy atom. The van der Waals surface area contributed by atoms with Crippen molar-refractivity contribution in [2.75, 3.05) is 18.9 Å². The second-order valence-corrected chi connectivity index (χ2v) is 5.83. The lowest BCUT2D eigenvalue weighted by Crippen LogP contribution is -2.54. The molecule has 2 aliphatic rings. The van der Waals surface area contributed by atoms with Gasteiger partial charge in [0.15, 0.2) is 0 Å². The van der Waals surface area contributed by atoms with Crippen molar-refractivity contribution in [3.8, 4) is 0 Å². The maximum absolute atomic E-state index is 12.6. The number of nitrogens with zero attached hydrogens (tertiary/aromatic N) is 2. The highest BCUT2D eigenvalue weighted by atomic mass is 16.4. The molecule has 0 radical (unpaired) electrons. The third-order valence-corrected chi connectivity index (χ3v) is 4.29. The van der Waals surface area contributed by atoms with E-state index in [2.05, 4.69) is 5.32 Å². The molecule has 1 unspecified atom stereocenters. The molecule has 25 heavy (non-hydrogen) atoms. The molecule has 0 aliphatic carbocycles. The van der Waals surface area contributed by atoms with Crippen molar-refractivity contribution >= 4 is 35.3 Å². The Morgan fingerprint density at radius 2 is 1.88 bits per heavy atom. The molecule has 3 rings (SSSR count). The fourth-order valence-corrected chi connectivity index (χ4v) is 2.97. The second-order valence-electron chi connectivity index (χ2n) is 5.83. The van der Waals surface area contributed by atoms with Crippen LogP contribution in [0.15, 0.2) is 18.2 Å². The van der Waals surface area contributed by atoms with Gasteiger partial charge < -0.3 is 10.4 Å². The lowest BCUT2D eigenvalue weighted by molar-refractivity contribution is -0.149. The Bertz CT molecular complexity index is 818. The van der Waals surface area contributed by atoms with Crippen molar-refractivity contribution < 1.29 is 29.1 Å². The number of piperidine rings is 1. The molecule has 0 spiro atoms. The second kappa shape index (κ2) is 6.00. The zero-order valence-electron chi connectivity index (χ0n) is 13.3. The Labute approximate surface area is 142 Å². The molecule has 9 nitrogen and oxygen atoms in total. The van der Waals surface area contributed by atoms with Crippen LogP contribution < -0.4 is 5.32 Å². The molecule has 1 aromatic rings. The van der Waals surface area contributed by atoms with Gasteiger partial charge in [-0.15, -0.1) is 0 Å². The van der Waals surface area contributed by atoms with Crippen molar-refractivity contribution in [1.29, 1.82) is 0 Å². The fraction of sp³-hybridized carbons (Fsp3) is 0.312. The third-order valence-electron chi connectivity index (χ3n) is 4.29. The number of carboxylic acid groups (broad SMARTS) is 1. The summed E-state index contributed by atoms with van der Waals surface area (Å²) < 4.78 is 0. The van der Waals surface area contributed by atoms with Crippen LogP contribution in [0.25, 0.3) is 0 Å². The van der Waals surface area contributed by atoms with Crippen LogP contribution in [0.5, 0.6) is 0 Å². The van der Waals surface area contributed by atoms with Gasteiger partial charge >= 0.3 is 5.97 Å². The predicted molar refractivity (Wildman–Crippen MR) is 83.9 cm³/mol. The van der Waals surface area contributed by atoms with Crippen LogP contribution in [0, 0.1) is 0 Å². The standard InChI is InChI=1S/C16H15N3O6/c1-18-12(20)5-4-11(16(18)25)19-14(23)9-3-2-8(17-7-13(21)22)6-10(9)15(19)24/h2-3,6,11,17H,4-5,7H2,1H3,(H,21,22). The van der Waals surface area contributed by atoms with Gasteiger partial charge in [0.05, 0.1) is 11.1 Å². The molecule has 1 saturated heterocycles. The minimum atomic E-state index is -1.06. The summed E-state index contributed by atoms with van der Waals surface area (Å²) in [7, 11) is 1.32. The molecule has 130 valence electrons. The number of hydrogen-bond acceptors (Lipinski definition) is 6. The summed E-state index contributed by atoms with van der Waals surface area (Å²) in [6.45, 7) is -0.335. The first-order valence-corrected chi connectivity index (χ1v) is 7.59. The number of fused-ring (bicyclic) bond motifs is 1. The summed E-state index contributed by atoms with van der Waals surface area (Å²) in [6, 6.07) is 3.29. The summed E-state index contributed by atoms with van der Waals surface area (Å²) in [4.78, 5) is 61.5. The number of amides is 4. The highest BCUT2D eigenvalue weighted by Crippen LogP contribution is 2.30. The van der Waals surface area contributed by atoms with Gasteiger partial charge in [0, 0.05) is 19.2 Å². The number of imide groups is 2. The molecule has 2 heterocycles. The largest absolute Gasteiger partial charge is 0.480 e. The summed E-state index contributed by atoms with van der Waals surface area (Å²) in [5.41, 5.74) is 0.636. The molecular formula is C16H15N3O6. The van der Waals surface area contributed by atoms with Crippen molar-refractivity contribution in [3.05, 3.63) is 29.3 Å². The SMILES string of the molecule is CN1C(=O)CCC(N2C(=O)c3ccc(NCC(=O)O)cc3C2=O)C1=O. The highest BCUT2D eigenvalue weighted by molar-refractivity contribution is 6.23. The number of nitrogens with one attached hydrogen (secondary N) is 1. The summed E-state index contributed by atoms with van der Waals surface area (Å²) in [6.07, 6.45) is 0.170. The number of anilines is 1. The van der Waals surface area contributed by atoms with Crippen LogP contribution in [-0.2, 0) is 14.4 Å². The van der Waals surface area contributed by atoms with Crippen molar-refractivity contribution in [2.24, 2.45) is 0 Å². The quantitative estimate of drug-likeness (QED) is 0.732. The van der Waals surface area contributed by atoms with Crippen LogP contribution in [0.4, 0.5) is 5.69 Å². The average molecular weight is 345 g/mol. The fourth-order valence-electron chi connectivity index (χ4n) is 2.97. The van der Waals surface area contributed by atoms with Crippen molar-refractivity contribution in [1.82, 2.24) is 9.80 Å². The van der Waals surface area contributed by atoms with Crippen LogP contribution >= 0.6 is 0 Å². The summed E-state index contributed by atoms with van der Waals surface area (Å²) in [5.74, 6) is -3.22.